The number of hydrogen-bond donors (Lipinski definition) is 2. The predicted molar refractivity (Wildman–Crippen MR) is 95.1 cm³/mol. The summed E-state index contributed by atoms with van der Waals surface area (Å²) in [6.07, 6.45) is 0.531. The van der Waals surface area contributed by atoms with Gasteiger partial charge < -0.3 is 5.21 Å². The first-order valence-corrected chi connectivity index (χ1v) is 9.38. The zero-order valence-corrected chi connectivity index (χ0v) is 14.8. The molecular weight excluding hydrogens is 366 g/mol. The summed E-state index contributed by atoms with van der Waals surface area (Å²) in [7, 11) is -4.09. The summed E-state index contributed by atoms with van der Waals surface area (Å²) in [5.41, 5.74) is 3.75. The third-order valence-electron chi connectivity index (χ3n) is 4.25. The number of primary sulfonamides is 1. The third-order valence-corrected chi connectivity index (χ3v) is 5.65. The molecule has 0 fully saturated rings. The van der Waals surface area contributed by atoms with Crippen molar-refractivity contribution in [1.29, 1.82) is 0 Å². The van der Waals surface area contributed by atoms with Crippen molar-refractivity contribution in [2.24, 2.45) is 5.14 Å². The molecule has 1 aliphatic rings. The van der Waals surface area contributed by atoms with Crippen LogP contribution < -0.4 is 15.3 Å². The number of hydrogen-bond acceptors (Lipinski definition) is 4. The fourth-order valence-corrected chi connectivity index (χ4v) is 4.01. The zero-order chi connectivity index (χ0) is 18.4. The van der Waals surface area contributed by atoms with Gasteiger partial charge in [0.1, 0.15) is 10.9 Å². The molecule has 25 heavy (non-hydrogen) atoms. The van der Waals surface area contributed by atoms with Gasteiger partial charge in [0.2, 0.25) is 10.0 Å². The summed E-state index contributed by atoms with van der Waals surface area (Å²) < 4.78 is 22.1. The maximum Gasteiger partial charge on any atom is 0.296 e. The molecule has 1 amide bonds. The van der Waals surface area contributed by atoms with Gasteiger partial charge >= 0.3 is 0 Å². The Labute approximate surface area is 150 Å². The molecule has 0 bridgehead atoms. The molecule has 1 aliphatic heterocycles. The van der Waals surface area contributed by atoms with Crippen molar-refractivity contribution in [3.63, 3.8) is 0 Å². The molecule has 0 aliphatic carbocycles. The largest absolute Gasteiger partial charge is 0.601 e. The molecule has 3 N–H and O–H groups in total. The SMILES string of the molecule is CC1Cc2ccccc2[N+]1([O-])NC(=O)c1ccc(Cl)c(S(N)(=O)=O)c1. The number of amides is 1. The number of nitrogens with two attached hydrogens (primary N) is 1. The van der Waals surface area contributed by atoms with E-state index in [2.05, 4.69) is 5.43 Å². The molecule has 0 aromatic heterocycles. The van der Waals surface area contributed by atoms with Crippen molar-refractivity contribution in [2.45, 2.75) is 24.3 Å². The number of hydroxylamine groups is 1. The minimum absolute atomic E-state index is 0.0154. The predicted octanol–water partition coefficient (Wildman–Crippen LogP) is 2.08. The molecule has 7 nitrogen and oxygen atoms in total. The number of fused-ring (bicyclic) bond motifs is 1. The molecular formula is C16H16ClN3O4S. The number of carbonyl (C=O) groups is 1. The van der Waals surface area contributed by atoms with Gasteiger partial charge in [0.05, 0.1) is 5.02 Å². The van der Waals surface area contributed by atoms with E-state index in [1.54, 1.807) is 19.1 Å². The van der Waals surface area contributed by atoms with Crippen molar-refractivity contribution in [2.75, 3.05) is 0 Å². The van der Waals surface area contributed by atoms with E-state index < -0.39 is 26.7 Å². The van der Waals surface area contributed by atoms with Crippen LogP contribution in [-0.4, -0.2) is 20.4 Å². The smallest absolute Gasteiger partial charge is 0.296 e. The minimum Gasteiger partial charge on any atom is -0.601 e. The first-order valence-electron chi connectivity index (χ1n) is 7.46. The number of carbonyl (C=O) groups excluding carboxylic acids is 1. The third kappa shape index (κ3) is 3.14. The van der Waals surface area contributed by atoms with E-state index in [4.69, 9.17) is 16.7 Å². The lowest BCUT2D eigenvalue weighted by molar-refractivity contribution is 0.0832. The number of rotatable bonds is 3. The summed E-state index contributed by atoms with van der Waals surface area (Å²) in [6.45, 7) is 1.74. The molecule has 132 valence electrons. The van der Waals surface area contributed by atoms with E-state index in [0.717, 1.165) is 11.6 Å². The van der Waals surface area contributed by atoms with Crippen LogP contribution >= 0.6 is 11.6 Å². The van der Waals surface area contributed by atoms with Crippen LogP contribution in [0.5, 0.6) is 0 Å². The normalized spacial score (nSPS) is 22.5. The Kier molecular flexibility index (Phi) is 4.34. The van der Waals surface area contributed by atoms with E-state index in [-0.39, 0.29) is 15.5 Å². The number of quaternary nitrogens is 1. The van der Waals surface area contributed by atoms with Crippen molar-refractivity contribution >= 4 is 33.2 Å². The average Bonchev–Trinajstić information content (AvgIpc) is 2.78. The summed E-state index contributed by atoms with van der Waals surface area (Å²) in [5.74, 6) is -0.708. The Bertz CT molecular complexity index is 964. The molecule has 2 aromatic carbocycles. The number of para-hydroxylation sites is 1. The van der Waals surface area contributed by atoms with E-state index in [0.29, 0.717) is 12.1 Å². The van der Waals surface area contributed by atoms with Gasteiger partial charge in [-0.15, -0.1) is 0 Å². The second-order valence-electron chi connectivity index (χ2n) is 5.97. The highest BCUT2D eigenvalue weighted by atomic mass is 35.5. The van der Waals surface area contributed by atoms with Crippen LogP contribution in [0.1, 0.15) is 22.8 Å². The Hall–Kier alpha value is -1.97. The number of sulfonamides is 1. The summed E-state index contributed by atoms with van der Waals surface area (Å²) in [6, 6.07) is 10.3. The van der Waals surface area contributed by atoms with Gasteiger partial charge in [-0.1, -0.05) is 29.8 Å². The van der Waals surface area contributed by atoms with Crippen molar-refractivity contribution in [3.8, 4) is 0 Å². The molecule has 1 heterocycles. The number of halogens is 1. The van der Waals surface area contributed by atoms with Crippen LogP contribution in [0.2, 0.25) is 5.02 Å². The first-order chi connectivity index (χ1) is 11.6. The summed E-state index contributed by atoms with van der Waals surface area (Å²) in [4.78, 5) is 12.2. The molecule has 0 saturated carbocycles. The molecule has 0 saturated heterocycles. The molecule has 0 radical (unpaired) electrons. The Balaban J connectivity index is 1.96. The fourth-order valence-electron chi connectivity index (χ4n) is 2.94. The maximum absolute atomic E-state index is 13.2. The van der Waals surface area contributed by atoms with E-state index in [1.807, 2.05) is 12.1 Å². The molecule has 9 heteroatoms. The van der Waals surface area contributed by atoms with Crippen molar-refractivity contribution in [1.82, 2.24) is 10.2 Å². The molecule has 2 atom stereocenters. The van der Waals surface area contributed by atoms with Gasteiger partial charge in [-0.3, -0.25) is 4.79 Å². The summed E-state index contributed by atoms with van der Waals surface area (Å²) >= 11 is 5.82. The Morgan fingerprint density at radius 2 is 2.00 bits per heavy atom. The molecule has 3 rings (SSSR count). The van der Waals surface area contributed by atoms with Gasteiger partial charge in [0.25, 0.3) is 5.91 Å². The monoisotopic (exact) mass is 381 g/mol. The van der Waals surface area contributed by atoms with Crippen LogP contribution in [0, 0.1) is 5.21 Å². The van der Waals surface area contributed by atoms with Crippen molar-refractivity contribution < 1.29 is 13.2 Å². The lowest BCUT2D eigenvalue weighted by Crippen LogP contribution is -2.60. The van der Waals surface area contributed by atoms with Crippen LogP contribution in [0.25, 0.3) is 0 Å². The quantitative estimate of drug-likeness (QED) is 0.626. The van der Waals surface area contributed by atoms with Gasteiger partial charge in [0, 0.05) is 23.6 Å². The number of benzene rings is 2. The average molecular weight is 382 g/mol. The number of nitrogens with one attached hydrogen (secondary N) is 1. The lowest BCUT2D eigenvalue weighted by atomic mass is 10.1. The minimum atomic E-state index is -4.09. The second kappa shape index (κ2) is 6.08. The van der Waals surface area contributed by atoms with E-state index >= 15 is 0 Å². The lowest BCUT2D eigenvalue weighted by Gasteiger charge is -2.41. The van der Waals surface area contributed by atoms with Gasteiger partial charge in [-0.2, -0.15) is 5.43 Å². The Morgan fingerprint density at radius 3 is 2.68 bits per heavy atom. The maximum atomic E-state index is 13.2. The number of nitrogens with zero attached hydrogens (tertiary/aromatic N) is 1. The highest BCUT2D eigenvalue weighted by molar-refractivity contribution is 7.89. The molecule has 2 aromatic rings. The standard InChI is InChI=1S/C16H16ClN3O4S/c1-10-8-11-4-2-3-5-14(11)20(10,22)19-16(21)12-6-7-13(17)15(9-12)25(18,23)24/h2-7,9-10H,8H2,1H3,(H,19,21)(H2,18,23,24). The Morgan fingerprint density at radius 1 is 1.32 bits per heavy atom. The fraction of sp³-hybridized carbons (Fsp3) is 0.188. The highest BCUT2D eigenvalue weighted by Gasteiger charge is 2.39. The summed E-state index contributed by atoms with van der Waals surface area (Å²) in [5, 5.41) is 18.2. The van der Waals surface area contributed by atoms with Gasteiger partial charge in [0.15, 0.2) is 5.69 Å². The second-order valence-corrected chi connectivity index (χ2v) is 7.91. The first kappa shape index (κ1) is 17.8. The highest BCUT2D eigenvalue weighted by Crippen LogP contribution is 2.36. The van der Waals surface area contributed by atoms with Crippen molar-refractivity contribution in [3.05, 3.63) is 63.8 Å². The molecule has 2 unspecified atom stereocenters. The van der Waals surface area contributed by atoms with Gasteiger partial charge in [-0.05, 0) is 25.1 Å². The zero-order valence-electron chi connectivity index (χ0n) is 13.3. The van der Waals surface area contributed by atoms with Gasteiger partial charge in [-0.25, -0.2) is 18.3 Å². The van der Waals surface area contributed by atoms with Crippen LogP contribution in [0.15, 0.2) is 47.4 Å². The van der Waals surface area contributed by atoms with Crippen LogP contribution in [0.4, 0.5) is 5.69 Å². The van der Waals surface area contributed by atoms with E-state index in [9.17, 15) is 18.4 Å². The van der Waals surface area contributed by atoms with Crippen LogP contribution in [0.3, 0.4) is 0 Å². The molecule has 0 spiro atoms. The topological polar surface area (TPSA) is 112 Å². The van der Waals surface area contributed by atoms with Crippen LogP contribution in [-0.2, 0) is 16.4 Å². The van der Waals surface area contributed by atoms with E-state index in [1.165, 1.54) is 12.1 Å².